The molecule has 0 spiro atoms. The van der Waals surface area contributed by atoms with Gasteiger partial charge in [0.05, 0.1) is 6.04 Å². The molecule has 3 aromatic carbocycles. The van der Waals surface area contributed by atoms with Gasteiger partial charge in [0, 0.05) is 4.47 Å². The molecule has 0 saturated carbocycles. The monoisotopic (exact) mass is 344 g/mol. The molecule has 2 nitrogen and oxygen atoms in total. The zero-order chi connectivity index (χ0) is 14.8. The Kier molecular flexibility index (Phi) is 4.01. The Morgan fingerprint density at radius 2 is 1.76 bits per heavy atom. The lowest BCUT2D eigenvalue weighted by molar-refractivity contribution is 0.606. The van der Waals surface area contributed by atoms with Gasteiger partial charge in [-0.15, -0.1) is 0 Å². The Morgan fingerprint density at radius 3 is 2.52 bits per heavy atom. The molecule has 0 aliphatic heterocycles. The first-order valence-corrected chi connectivity index (χ1v) is 7.38. The molecule has 0 amide bonds. The van der Waals surface area contributed by atoms with Crippen LogP contribution in [0.15, 0.2) is 65.1 Å². The van der Waals surface area contributed by atoms with Gasteiger partial charge >= 0.3 is 0 Å². The molecule has 0 radical (unpaired) electrons. The van der Waals surface area contributed by atoms with E-state index in [0.29, 0.717) is 4.47 Å². The Morgan fingerprint density at radius 1 is 1.00 bits per heavy atom. The van der Waals surface area contributed by atoms with Crippen LogP contribution in [0.5, 0.6) is 0 Å². The number of nitrogens with two attached hydrogens (primary N) is 1. The first-order chi connectivity index (χ1) is 10.2. The van der Waals surface area contributed by atoms with Crippen molar-refractivity contribution in [3.63, 3.8) is 0 Å². The summed E-state index contributed by atoms with van der Waals surface area (Å²) in [7, 11) is 0. The van der Waals surface area contributed by atoms with Crippen LogP contribution in [0.4, 0.5) is 4.39 Å². The highest BCUT2D eigenvalue weighted by molar-refractivity contribution is 9.10. The van der Waals surface area contributed by atoms with E-state index in [9.17, 15) is 4.39 Å². The van der Waals surface area contributed by atoms with Crippen LogP contribution in [0.25, 0.3) is 10.8 Å². The quantitative estimate of drug-likeness (QED) is 0.549. The molecule has 4 heteroatoms. The lowest BCUT2D eigenvalue weighted by Gasteiger charge is -2.19. The molecule has 0 aromatic heterocycles. The number of halogens is 2. The number of hydrogen-bond donors (Lipinski definition) is 2. The first kappa shape index (κ1) is 14.2. The molecular formula is C17H14BrFN2. The summed E-state index contributed by atoms with van der Waals surface area (Å²) in [4.78, 5) is 0. The molecule has 3 aromatic rings. The number of hydrogen-bond acceptors (Lipinski definition) is 2. The summed E-state index contributed by atoms with van der Waals surface area (Å²) in [5, 5.41) is 2.23. The Labute approximate surface area is 130 Å². The van der Waals surface area contributed by atoms with Gasteiger partial charge in [0.15, 0.2) is 0 Å². The zero-order valence-corrected chi connectivity index (χ0v) is 12.8. The van der Waals surface area contributed by atoms with Gasteiger partial charge in [-0.25, -0.2) is 9.82 Å². The van der Waals surface area contributed by atoms with Crippen molar-refractivity contribution in [2.24, 2.45) is 5.84 Å². The summed E-state index contributed by atoms with van der Waals surface area (Å²) < 4.78 is 14.3. The van der Waals surface area contributed by atoms with Crippen molar-refractivity contribution in [1.82, 2.24) is 5.43 Å². The second kappa shape index (κ2) is 5.93. The molecule has 0 fully saturated rings. The van der Waals surface area contributed by atoms with Crippen molar-refractivity contribution in [2.75, 3.05) is 0 Å². The Balaban J connectivity index is 2.18. The van der Waals surface area contributed by atoms with E-state index in [4.69, 9.17) is 5.84 Å². The normalized spacial score (nSPS) is 12.5. The van der Waals surface area contributed by atoms with E-state index in [1.165, 1.54) is 12.1 Å². The fourth-order valence-corrected chi connectivity index (χ4v) is 3.09. The summed E-state index contributed by atoms with van der Waals surface area (Å²) in [5.41, 5.74) is 4.59. The first-order valence-electron chi connectivity index (χ1n) is 6.59. The summed E-state index contributed by atoms with van der Waals surface area (Å²) in [6.45, 7) is 0. The average molecular weight is 345 g/mol. The molecule has 21 heavy (non-hydrogen) atoms. The number of hydrazine groups is 1. The minimum absolute atomic E-state index is 0.275. The molecule has 1 atom stereocenters. The lowest BCUT2D eigenvalue weighted by Crippen LogP contribution is -2.29. The molecule has 1 unspecified atom stereocenters. The minimum atomic E-state index is -0.292. The topological polar surface area (TPSA) is 38.0 Å². The molecule has 0 heterocycles. The zero-order valence-electron chi connectivity index (χ0n) is 11.2. The van der Waals surface area contributed by atoms with Crippen LogP contribution in [0.3, 0.4) is 0 Å². The molecule has 0 aliphatic carbocycles. The van der Waals surface area contributed by atoms with Crippen molar-refractivity contribution < 1.29 is 4.39 Å². The highest BCUT2D eigenvalue weighted by Crippen LogP contribution is 2.30. The van der Waals surface area contributed by atoms with E-state index < -0.39 is 0 Å². The summed E-state index contributed by atoms with van der Waals surface area (Å²) in [5.74, 6) is 5.45. The maximum Gasteiger partial charge on any atom is 0.124 e. The van der Waals surface area contributed by atoms with E-state index in [1.807, 2.05) is 48.5 Å². The van der Waals surface area contributed by atoms with Gasteiger partial charge in [0.25, 0.3) is 0 Å². The van der Waals surface area contributed by atoms with E-state index >= 15 is 0 Å². The van der Waals surface area contributed by atoms with Crippen molar-refractivity contribution in [1.29, 1.82) is 0 Å². The summed E-state index contributed by atoms with van der Waals surface area (Å²) >= 11 is 3.32. The largest absolute Gasteiger partial charge is 0.271 e. The van der Waals surface area contributed by atoms with E-state index in [0.717, 1.165) is 21.9 Å². The standard InChI is InChI=1S/C17H14BrFN2/c18-13-8-12(9-14(19)10-13)17(21-20)16-7-3-5-11-4-1-2-6-15(11)16/h1-10,17,21H,20H2. The second-order valence-corrected chi connectivity index (χ2v) is 5.79. The average Bonchev–Trinajstić information content (AvgIpc) is 2.47. The van der Waals surface area contributed by atoms with E-state index in [-0.39, 0.29) is 11.9 Å². The predicted molar refractivity (Wildman–Crippen MR) is 87.2 cm³/mol. The number of fused-ring (bicyclic) bond motifs is 1. The van der Waals surface area contributed by atoms with Gasteiger partial charge < -0.3 is 0 Å². The number of benzene rings is 3. The highest BCUT2D eigenvalue weighted by Gasteiger charge is 2.16. The molecule has 0 aliphatic rings. The van der Waals surface area contributed by atoms with Gasteiger partial charge in [-0.3, -0.25) is 5.84 Å². The van der Waals surface area contributed by atoms with Crippen molar-refractivity contribution in [3.05, 3.63) is 82.1 Å². The third-order valence-electron chi connectivity index (χ3n) is 3.52. The molecule has 0 bridgehead atoms. The smallest absolute Gasteiger partial charge is 0.124 e. The van der Waals surface area contributed by atoms with Gasteiger partial charge in [0.2, 0.25) is 0 Å². The maximum absolute atomic E-state index is 13.7. The molecular weight excluding hydrogens is 331 g/mol. The lowest BCUT2D eigenvalue weighted by atomic mass is 9.94. The van der Waals surface area contributed by atoms with Gasteiger partial charge in [-0.1, -0.05) is 58.4 Å². The van der Waals surface area contributed by atoms with Gasteiger partial charge in [-0.05, 0) is 40.1 Å². The van der Waals surface area contributed by atoms with E-state index in [1.54, 1.807) is 0 Å². The SMILES string of the molecule is NNC(c1cc(F)cc(Br)c1)c1cccc2ccccc12. The summed E-state index contributed by atoms with van der Waals surface area (Å²) in [6.07, 6.45) is 0. The maximum atomic E-state index is 13.7. The van der Waals surface area contributed by atoms with Crippen molar-refractivity contribution >= 4 is 26.7 Å². The molecule has 106 valence electrons. The summed E-state index contributed by atoms with van der Waals surface area (Å²) in [6, 6.07) is 18.6. The molecule has 0 saturated heterocycles. The fraction of sp³-hybridized carbons (Fsp3) is 0.0588. The van der Waals surface area contributed by atoms with Crippen LogP contribution in [-0.4, -0.2) is 0 Å². The van der Waals surface area contributed by atoms with Crippen LogP contribution >= 0.6 is 15.9 Å². The van der Waals surface area contributed by atoms with Crippen LogP contribution in [0.1, 0.15) is 17.2 Å². The van der Waals surface area contributed by atoms with Gasteiger partial charge in [0.1, 0.15) is 5.82 Å². The molecule has 3 N–H and O–H groups in total. The number of rotatable bonds is 3. The minimum Gasteiger partial charge on any atom is -0.271 e. The van der Waals surface area contributed by atoms with Crippen LogP contribution in [0.2, 0.25) is 0 Å². The third-order valence-corrected chi connectivity index (χ3v) is 3.98. The van der Waals surface area contributed by atoms with Crippen LogP contribution in [0, 0.1) is 5.82 Å². The third kappa shape index (κ3) is 2.83. The van der Waals surface area contributed by atoms with Gasteiger partial charge in [-0.2, -0.15) is 0 Å². The molecule has 3 rings (SSSR count). The number of nitrogens with one attached hydrogen (secondary N) is 1. The highest BCUT2D eigenvalue weighted by atomic mass is 79.9. The van der Waals surface area contributed by atoms with E-state index in [2.05, 4.69) is 21.4 Å². The fourth-order valence-electron chi connectivity index (χ4n) is 2.61. The Bertz CT molecular complexity index is 763. The van der Waals surface area contributed by atoms with Crippen LogP contribution in [-0.2, 0) is 0 Å². The Hall–Kier alpha value is -1.75. The second-order valence-electron chi connectivity index (χ2n) is 4.87. The van der Waals surface area contributed by atoms with Crippen LogP contribution < -0.4 is 11.3 Å². The predicted octanol–water partition coefficient (Wildman–Crippen LogP) is 4.29. The van der Waals surface area contributed by atoms with Crippen molar-refractivity contribution in [3.8, 4) is 0 Å². The van der Waals surface area contributed by atoms with Crippen molar-refractivity contribution in [2.45, 2.75) is 6.04 Å².